The highest BCUT2D eigenvalue weighted by molar-refractivity contribution is 6.27. The van der Waals surface area contributed by atoms with Gasteiger partial charge in [-0.1, -0.05) is 179 Å². The normalized spacial score (nSPS) is 13.9. The molecule has 0 amide bonds. The fourth-order valence-electron chi connectivity index (χ4n) is 11.8. The first kappa shape index (κ1) is 39.3. The van der Waals surface area contributed by atoms with Gasteiger partial charge in [-0.3, -0.25) is 4.98 Å². The fraction of sp³-hybridized carbons (Fsp3) is 0.0923. The van der Waals surface area contributed by atoms with Crippen molar-refractivity contribution in [1.82, 2.24) is 4.98 Å². The summed E-state index contributed by atoms with van der Waals surface area (Å²) in [5, 5.41) is 5.98. The highest BCUT2D eigenvalue weighted by atomic mass is 15.1. The Morgan fingerprint density at radius 3 is 1.45 bits per heavy atom. The molecule has 10 aromatic carbocycles. The topological polar surface area (TPSA) is 16.1 Å². The Morgan fingerprint density at radius 2 is 0.836 bits per heavy atom. The zero-order valence-corrected chi connectivity index (χ0v) is 38.2. The lowest BCUT2D eigenvalue weighted by molar-refractivity contribution is 0.660. The highest BCUT2D eigenvalue weighted by Crippen LogP contribution is 2.54. The second-order valence-electron chi connectivity index (χ2n) is 19.5. The molecule has 0 aliphatic heterocycles. The van der Waals surface area contributed by atoms with Gasteiger partial charge in [0, 0.05) is 44.9 Å². The van der Waals surface area contributed by atoms with Crippen LogP contribution in [0.3, 0.4) is 0 Å². The number of hydrogen-bond acceptors (Lipinski definition) is 2. The minimum Gasteiger partial charge on any atom is -0.311 e. The molecule has 67 heavy (non-hydrogen) atoms. The van der Waals surface area contributed by atoms with E-state index in [1.807, 2.05) is 6.20 Å². The van der Waals surface area contributed by atoms with E-state index >= 15 is 0 Å². The molecule has 1 heterocycles. The lowest BCUT2D eigenvalue weighted by atomic mass is 9.79. The van der Waals surface area contributed by atoms with Crippen LogP contribution in [0.2, 0.25) is 0 Å². The average molecular weight is 857 g/mol. The predicted octanol–water partition coefficient (Wildman–Crippen LogP) is 17.6. The molecule has 0 saturated heterocycles. The van der Waals surface area contributed by atoms with E-state index in [4.69, 9.17) is 4.98 Å². The molecular weight excluding hydrogens is 809 g/mol. The maximum Gasteiger partial charge on any atom is 0.0786 e. The maximum atomic E-state index is 5.21. The summed E-state index contributed by atoms with van der Waals surface area (Å²) >= 11 is 0. The van der Waals surface area contributed by atoms with Gasteiger partial charge in [-0.25, -0.2) is 0 Å². The van der Waals surface area contributed by atoms with Gasteiger partial charge in [0.05, 0.1) is 5.52 Å². The first-order valence-corrected chi connectivity index (χ1v) is 23.5. The molecule has 0 bridgehead atoms. The van der Waals surface area contributed by atoms with Gasteiger partial charge in [-0.05, 0) is 155 Å². The number of hydrogen-bond donors (Lipinski definition) is 0. The van der Waals surface area contributed by atoms with Crippen LogP contribution in [0.15, 0.2) is 219 Å². The first-order valence-electron chi connectivity index (χ1n) is 23.5. The van der Waals surface area contributed by atoms with E-state index in [0.717, 1.165) is 28.0 Å². The summed E-state index contributed by atoms with van der Waals surface area (Å²) in [6, 6.07) is 78.7. The van der Waals surface area contributed by atoms with Crippen LogP contribution in [0.4, 0.5) is 17.1 Å². The number of anilines is 3. The summed E-state index contributed by atoms with van der Waals surface area (Å²) in [6.07, 6.45) is 1.95. The molecule has 318 valence electrons. The van der Waals surface area contributed by atoms with E-state index in [2.05, 4.69) is 245 Å². The Labute approximate surface area is 392 Å². The molecule has 2 heteroatoms. The molecule has 0 atom stereocenters. The Hall–Kier alpha value is -8.07. The molecule has 0 spiro atoms. The van der Waals surface area contributed by atoms with E-state index in [9.17, 15) is 0 Å². The second kappa shape index (κ2) is 14.7. The van der Waals surface area contributed by atoms with E-state index in [-0.39, 0.29) is 10.8 Å². The Kier molecular flexibility index (Phi) is 8.64. The smallest absolute Gasteiger partial charge is 0.0786 e. The molecule has 1 aromatic heterocycles. The first-order chi connectivity index (χ1) is 32.8. The molecule has 2 aliphatic rings. The van der Waals surface area contributed by atoms with Crippen molar-refractivity contribution >= 4 is 49.5 Å². The number of rotatable bonds is 6. The van der Waals surface area contributed by atoms with E-state index in [1.54, 1.807) is 0 Å². The van der Waals surface area contributed by atoms with Gasteiger partial charge in [0.2, 0.25) is 0 Å². The molecule has 0 saturated carbocycles. The molecule has 2 nitrogen and oxygen atoms in total. The highest BCUT2D eigenvalue weighted by Gasteiger charge is 2.37. The zero-order valence-electron chi connectivity index (χ0n) is 38.2. The Morgan fingerprint density at radius 1 is 0.343 bits per heavy atom. The standard InChI is InChI=1S/C65H48N2/c1-64(2)56-23-13-11-21-49(56)51-33-29-44(39-58(51)64)60-54-36-27-42-16-15-37-66-63(42)62(54)61(45-30-34-52-50-22-12-14-24-57(50)65(3,4)59(52)40-45)53-35-28-43(38-55(53)60)41-25-31-48(32-26-41)67(46-17-7-5-8-18-46)47-19-9-6-10-20-47/h5-40H,1-4H3. The third-order valence-electron chi connectivity index (χ3n) is 15.1. The minimum absolute atomic E-state index is 0.140. The fourth-order valence-corrected chi connectivity index (χ4v) is 11.8. The summed E-state index contributed by atoms with van der Waals surface area (Å²) in [5.41, 5.74) is 22.1. The lowest BCUT2D eigenvalue weighted by Gasteiger charge is -2.25. The van der Waals surface area contributed by atoms with Crippen LogP contribution in [0, 0.1) is 0 Å². The summed E-state index contributed by atoms with van der Waals surface area (Å²) in [7, 11) is 0. The Balaban J connectivity index is 1.07. The molecular formula is C65H48N2. The predicted molar refractivity (Wildman–Crippen MR) is 283 cm³/mol. The van der Waals surface area contributed by atoms with E-state index in [0.29, 0.717) is 0 Å². The molecule has 0 unspecified atom stereocenters. The number of benzene rings is 10. The van der Waals surface area contributed by atoms with E-state index in [1.165, 1.54) is 99.4 Å². The van der Waals surface area contributed by atoms with Crippen LogP contribution in [0.1, 0.15) is 49.9 Å². The number of nitrogens with zero attached hydrogens (tertiary/aromatic N) is 2. The van der Waals surface area contributed by atoms with Crippen molar-refractivity contribution in [3.63, 3.8) is 0 Å². The van der Waals surface area contributed by atoms with Crippen LogP contribution >= 0.6 is 0 Å². The van der Waals surface area contributed by atoms with Gasteiger partial charge < -0.3 is 4.90 Å². The maximum absolute atomic E-state index is 5.21. The Bertz CT molecular complexity index is 3750. The van der Waals surface area contributed by atoms with Crippen LogP contribution in [0.5, 0.6) is 0 Å². The summed E-state index contributed by atoms with van der Waals surface area (Å²) in [5.74, 6) is 0. The monoisotopic (exact) mass is 856 g/mol. The molecule has 0 radical (unpaired) electrons. The van der Waals surface area contributed by atoms with Crippen molar-refractivity contribution < 1.29 is 0 Å². The minimum atomic E-state index is -0.142. The average Bonchev–Trinajstić information content (AvgIpc) is 3.75. The van der Waals surface area contributed by atoms with Gasteiger partial charge in [-0.2, -0.15) is 0 Å². The van der Waals surface area contributed by atoms with Crippen molar-refractivity contribution in [2.75, 3.05) is 4.90 Å². The largest absolute Gasteiger partial charge is 0.311 e. The van der Waals surface area contributed by atoms with Crippen molar-refractivity contribution in [1.29, 1.82) is 0 Å². The molecule has 0 N–H and O–H groups in total. The quantitative estimate of drug-likeness (QED) is 0.122. The van der Waals surface area contributed by atoms with Crippen molar-refractivity contribution in [2.45, 2.75) is 38.5 Å². The lowest BCUT2D eigenvalue weighted by Crippen LogP contribution is -2.15. The van der Waals surface area contributed by atoms with Gasteiger partial charge in [0.25, 0.3) is 0 Å². The summed E-state index contributed by atoms with van der Waals surface area (Å²) < 4.78 is 0. The van der Waals surface area contributed by atoms with Crippen LogP contribution in [-0.4, -0.2) is 4.98 Å². The third-order valence-corrected chi connectivity index (χ3v) is 15.1. The molecule has 11 aromatic rings. The summed E-state index contributed by atoms with van der Waals surface area (Å²) in [6.45, 7) is 9.51. The van der Waals surface area contributed by atoms with Crippen LogP contribution in [-0.2, 0) is 10.8 Å². The van der Waals surface area contributed by atoms with Crippen LogP contribution in [0.25, 0.3) is 88.1 Å². The van der Waals surface area contributed by atoms with Crippen LogP contribution < -0.4 is 4.90 Å². The SMILES string of the molecule is CC1(C)c2ccccc2-c2ccc(-c3c4cc(-c5ccc(N(c6ccccc6)c6ccccc6)cc5)ccc4c(-c4ccc5c(c4)C(C)(C)c4ccccc4-5)c4c3ccc3cccnc34)cc21. The number of pyridine rings is 1. The summed E-state index contributed by atoms with van der Waals surface area (Å²) in [4.78, 5) is 7.53. The van der Waals surface area contributed by atoms with Gasteiger partial charge >= 0.3 is 0 Å². The van der Waals surface area contributed by atoms with Gasteiger partial charge in [0.1, 0.15) is 0 Å². The zero-order chi connectivity index (χ0) is 45.0. The van der Waals surface area contributed by atoms with Gasteiger partial charge in [0.15, 0.2) is 0 Å². The van der Waals surface area contributed by atoms with Gasteiger partial charge in [-0.15, -0.1) is 0 Å². The van der Waals surface area contributed by atoms with Crippen molar-refractivity contribution in [2.24, 2.45) is 0 Å². The third kappa shape index (κ3) is 5.92. The van der Waals surface area contributed by atoms with E-state index < -0.39 is 0 Å². The number of fused-ring (bicyclic) bond motifs is 10. The molecule has 13 rings (SSSR count). The number of aromatic nitrogens is 1. The molecule has 0 fully saturated rings. The van der Waals surface area contributed by atoms with Crippen molar-refractivity contribution in [3.05, 3.63) is 241 Å². The molecule has 2 aliphatic carbocycles. The second-order valence-corrected chi connectivity index (χ2v) is 19.5. The van der Waals surface area contributed by atoms with Crippen molar-refractivity contribution in [3.8, 4) is 55.6 Å². The number of para-hydroxylation sites is 2.